The highest BCUT2D eigenvalue weighted by Crippen LogP contribution is 2.43. The molecule has 0 amide bonds. The van der Waals surface area contributed by atoms with Crippen molar-refractivity contribution in [2.75, 3.05) is 31.5 Å². The molecule has 2 aliphatic heterocycles. The maximum absolute atomic E-state index is 7.24. The van der Waals surface area contributed by atoms with Gasteiger partial charge in [0, 0.05) is 71.9 Å². The van der Waals surface area contributed by atoms with E-state index in [1.54, 1.807) is 17.5 Å². The minimum Gasteiger partial charge on any atom is -0.391 e. The van der Waals surface area contributed by atoms with Crippen LogP contribution in [0.1, 0.15) is 61.4 Å². The number of aromatic nitrogens is 3. The van der Waals surface area contributed by atoms with Crippen molar-refractivity contribution < 1.29 is 0 Å². The summed E-state index contributed by atoms with van der Waals surface area (Å²) in [4.78, 5) is 17.4. The standard InChI is InChI=1S/C43H50Cl2N8S/c1-6-34-33(23-47-22-29-16-15-28(5)49-29)27(4)21-36(50-34)32-13-9-11-30(39(32)44)31-12-10-14-35(40(31)45)51-42-41-37(17-19-48-42)54-38(52-41)24-53-20-18-43(7-2,26-53)25-46-8-3/h8-14,17,19,21,29,46-47,49H,3,5-7,15-16,18,20,22-26H2,1-2,4H3,(H,48,51). The summed E-state index contributed by atoms with van der Waals surface area (Å²) in [6.45, 7) is 20.1. The van der Waals surface area contributed by atoms with Crippen molar-refractivity contribution in [2.24, 2.45) is 5.41 Å². The van der Waals surface area contributed by atoms with Gasteiger partial charge in [0.05, 0.1) is 32.7 Å². The Kier molecular flexibility index (Phi) is 11.9. The normalized spacial score (nSPS) is 18.7. The van der Waals surface area contributed by atoms with Crippen molar-refractivity contribution in [2.45, 2.75) is 72.0 Å². The van der Waals surface area contributed by atoms with Crippen LogP contribution in [0, 0.1) is 12.3 Å². The van der Waals surface area contributed by atoms with Crippen LogP contribution in [0.5, 0.6) is 0 Å². The van der Waals surface area contributed by atoms with E-state index in [1.807, 2.05) is 48.7 Å². The van der Waals surface area contributed by atoms with E-state index < -0.39 is 0 Å². The molecule has 54 heavy (non-hydrogen) atoms. The number of allylic oxidation sites excluding steroid dienone is 1. The highest BCUT2D eigenvalue weighted by molar-refractivity contribution is 7.18. The minimum absolute atomic E-state index is 0.267. The third-order valence-electron chi connectivity index (χ3n) is 11.1. The Labute approximate surface area is 333 Å². The number of pyridine rings is 2. The van der Waals surface area contributed by atoms with Crippen LogP contribution in [0.25, 0.3) is 32.6 Å². The Balaban J connectivity index is 1.10. The monoisotopic (exact) mass is 780 g/mol. The summed E-state index contributed by atoms with van der Waals surface area (Å²) in [7, 11) is 0. The lowest BCUT2D eigenvalue weighted by atomic mass is 9.84. The van der Waals surface area contributed by atoms with Gasteiger partial charge in [-0.2, -0.15) is 0 Å². The maximum atomic E-state index is 7.24. The van der Waals surface area contributed by atoms with Gasteiger partial charge in [-0.15, -0.1) is 11.3 Å². The molecule has 0 saturated carbocycles. The lowest BCUT2D eigenvalue weighted by Gasteiger charge is -2.28. The Morgan fingerprint density at radius 2 is 1.87 bits per heavy atom. The van der Waals surface area contributed by atoms with Crippen molar-refractivity contribution in [3.63, 3.8) is 0 Å². The van der Waals surface area contributed by atoms with Crippen molar-refractivity contribution in [1.29, 1.82) is 0 Å². The third kappa shape index (κ3) is 8.16. The lowest BCUT2D eigenvalue weighted by Crippen LogP contribution is -2.34. The second-order valence-electron chi connectivity index (χ2n) is 14.7. The number of fused-ring (bicyclic) bond motifs is 1. The summed E-state index contributed by atoms with van der Waals surface area (Å²) in [6.07, 6.45) is 8.92. The molecule has 5 aromatic rings. The average Bonchev–Trinajstić information content (AvgIpc) is 3.91. The van der Waals surface area contributed by atoms with Crippen LogP contribution in [-0.2, 0) is 19.5 Å². The number of halogens is 2. The number of anilines is 2. The molecule has 0 radical (unpaired) electrons. The van der Waals surface area contributed by atoms with Crippen molar-refractivity contribution >= 4 is 56.3 Å². The molecule has 11 heteroatoms. The van der Waals surface area contributed by atoms with Crippen LogP contribution in [0.4, 0.5) is 11.5 Å². The van der Waals surface area contributed by atoms with Crippen LogP contribution in [0.15, 0.2) is 79.8 Å². The lowest BCUT2D eigenvalue weighted by molar-refractivity contribution is 0.242. The summed E-state index contributed by atoms with van der Waals surface area (Å²) in [6, 6.07) is 16.6. The van der Waals surface area contributed by atoms with Crippen LogP contribution in [0.3, 0.4) is 0 Å². The van der Waals surface area contributed by atoms with E-state index in [4.69, 9.17) is 38.2 Å². The number of likely N-dealkylation sites (tertiary alicyclic amines) is 1. The van der Waals surface area contributed by atoms with Gasteiger partial charge in [0.2, 0.25) is 0 Å². The second-order valence-corrected chi connectivity index (χ2v) is 16.6. The highest BCUT2D eigenvalue weighted by Gasteiger charge is 2.36. The van der Waals surface area contributed by atoms with E-state index >= 15 is 0 Å². The molecule has 2 saturated heterocycles. The molecule has 2 fully saturated rings. The number of benzene rings is 2. The van der Waals surface area contributed by atoms with E-state index in [0.29, 0.717) is 21.9 Å². The first-order valence-corrected chi connectivity index (χ1v) is 20.6. The molecule has 2 aromatic carbocycles. The smallest absolute Gasteiger partial charge is 0.157 e. The summed E-state index contributed by atoms with van der Waals surface area (Å²) in [5.74, 6) is 0.680. The maximum Gasteiger partial charge on any atom is 0.157 e. The van der Waals surface area contributed by atoms with E-state index in [-0.39, 0.29) is 5.41 Å². The van der Waals surface area contributed by atoms with Crippen LogP contribution < -0.4 is 21.3 Å². The van der Waals surface area contributed by atoms with Crippen molar-refractivity contribution in [3.8, 4) is 22.4 Å². The molecular weight excluding hydrogens is 732 g/mol. The summed E-state index contributed by atoms with van der Waals surface area (Å²) in [5, 5.41) is 16.2. The quantitative estimate of drug-likeness (QED) is 0.0835. The number of hydrogen-bond acceptors (Lipinski definition) is 9. The Morgan fingerprint density at radius 3 is 2.63 bits per heavy atom. The third-order valence-corrected chi connectivity index (χ3v) is 12.9. The van der Waals surface area contributed by atoms with Crippen LogP contribution in [-0.4, -0.2) is 52.1 Å². The van der Waals surface area contributed by atoms with E-state index in [1.165, 1.54) is 17.5 Å². The first-order valence-electron chi connectivity index (χ1n) is 19.0. The molecule has 0 aliphatic carbocycles. The molecular formula is C43H50Cl2N8S. The average molecular weight is 782 g/mol. The van der Waals surface area contributed by atoms with Gasteiger partial charge in [0.15, 0.2) is 5.82 Å². The number of thiazole rings is 1. The number of nitrogens with one attached hydrogen (secondary N) is 4. The highest BCUT2D eigenvalue weighted by atomic mass is 35.5. The predicted molar refractivity (Wildman–Crippen MR) is 228 cm³/mol. The fraction of sp³-hybridized carbons (Fsp3) is 0.372. The Morgan fingerprint density at radius 1 is 1.07 bits per heavy atom. The number of nitrogens with zero attached hydrogens (tertiary/aromatic N) is 4. The molecule has 2 aliphatic rings. The molecule has 0 bridgehead atoms. The van der Waals surface area contributed by atoms with Gasteiger partial charge in [0.1, 0.15) is 10.5 Å². The minimum atomic E-state index is 0.267. The van der Waals surface area contributed by atoms with E-state index in [2.05, 4.69) is 66.2 Å². The van der Waals surface area contributed by atoms with Gasteiger partial charge >= 0.3 is 0 Å². The zero-order valence-corrected chi connectivity index (χ0v) is 33.8. The molecule has 282 valence electrons. The molecule has 0 spiro atoms. The molecule has 2 atom stereocenters. The van der Waals surface area contributed by atoms with Gasteiger partial charge < -0.3 is 21.3 Å². The molecule has 2 unspecified atom stereocenters. The summed E-state index contributed by atoms with van der Waals surface area (Å²) < 4.78 is 1.09. The molecule has 7 rings (SSSR count). The largest absolute Gasteiger partial charge is 0.391 e. The second kappa shape index (κ2) is 16.8. The number of rotatable bonds is 15. The fourth-order valence-corrected chi connectivity index (χ4v) is 9.51. The molecule has 3 aromatic heterocycles. The Hall–Kier alpha value is -3.99. The number of aryl methyl sites for hydroxylation is 2. The Bertz CT molecular complexity index is 2170. The zero-order chi connectivity index (χ0) is 37.8. The van der Waals surface area contributed by atoms with Crippen LogP contribution >= 0.6 is 34.5 Å². The SMILES string of the molecule is C=CNCC1(CC)CCN(Cc2nc3c(Nc4cccc(-c5cccc(-c6cc(C)c(CNCC7CCC(=C)N7)c(CC)n6)c5Cl)c4Cl)nccc3s2)C1. The van der Waals surface area contributed by atoms with Crippen molar-refractivity contribution in [1.82, 2.24) is 35.8 Å². The zero-order valence-electron chi connectivity index (χ0n) is 31.5. The van der Waals surface area contributed by atoms with E-state index in [9.17, 15) is 0 Å². The van der Waals surface area contributed by atoms with Gasteiger partial charge in [-0.3, -0.25) is 9.88 Å². The van der Waals surface area contributed by atoms with Gasteiger partial charge in [-0.05, 0) is 81.1 Å². The number of hydrogen-bond donors (Lipinski definition) is 4. The fourth-order valence-electron chi connectivity index (χ4n) is 7.91. The molecule has 4 N–H and O–H groups in total. The molecule has 8 nitrogen and oxygen atoms in total. The summed E-state index contributed by atoms with van der Waals surface area (Å²) >= 11 is 16.2. The van der Waals surface area contributed by atoms with Crippen LogP contribution in [0.2, 0.25) is 10.0 Å². The van der Waals surface area contributed by atoms with E-state index in [0.717, 1.165) is 120 Å². The molecule has 5 heterocycles. The van der Waals surface area contributed by atoms with Gasteiger partial charge in [-0.1, -0.05) is 80.5 Å². The first kappa shape index (κ1) is 38.3. The summed E-state index contributed by atoms with van der Waals surface area (Å²) in [5.41, 5.74) is 9.91. The first-order chi connectivity index (χ1) is 26.2. The van der Waals surface area contributed by atoms with Gasteiger partial charge in [0.25, 0.3) is 0 Å². The topological polar surface area (TPSA) is 90.0 Å². The predicted octanol–water partition coefficient (Wildman–Crippen LogP) is 10.0. The van der Waals surface area contributed by atoms with Crippen molar-refractivity contribution in [3.05, 3.63) is 112 Å². The van der Waals surface area contributed by atoms with Gasteiger partial charge in [-0.25, -0.2) is 9.97 Å².